The molecule has 2 fully saturated rings. The van der Waals surface area contributed by atoms with Gasteiger partial charge in [-0.05, 0) is 55.5 Å². The van der Waals surface area contributed by atoms with Crippen molar-refractivity contribution in [3.05, 3.63) is 60.2 Å². The molecule has 0 spiro atoms. The first-order valence-corrected chi connectivity index (χ1v) is 9.74. The Morgan fingerprint density at radius 1 is 1.07 bits per heavy atom. The van der Waals surface area contributed by atoms with E-state index in [0.29, 0.717) is 12.6 Å². The van der Waals surface area contributed by atoms with Gasteiger partial charge in [-0.2, -0.15) is 0 Å². The minimum Gasteiger partial charge on any atom is -0.491 e. The molecule has 4 rings (SSSR count). The maximum Gasteiger partial charge on any atom is 0.247 e. The lowest BCUT2D eigenvalue weighted by Gasteiger charge is -2.20. The number of benzene rings is 2. The van der Waals surface area contributed by atoms with E-state index in [1.807, 2.05) is 54.6 Å². The summed E-state index contributed by atoms with van der Waals surface area (Å²) in [4.78, 5) is 12.7. The fourth-order valence-electron chi connectivity index (χ4n) is 3.24. The summed E-state index contributed by atoms with van der Waals surface area (Å²) in [5.74, 6) is 0.831. The molecule has 2 aliphatic rings. The summed E-state index contributed by atoms with van der Waals surface area (Å²) in [6, 6.07) is 17.5. The Morgan fingerprint density at radius 3 is 2.52 bits per heavy atom. The van der Waals surface area contributed by atoms with E-state index in [-0.39, 0.29) is 12.0 Å². The lowest BCUT2D eigenvalue weighted by atomic mass is 10.1. The van der Waals surface area contributed by atoms with Gasteiger partial charge in [-0.15, -0.1) is 0 Å². The third kappa shape index (κ3) is 5.01. The minimum atomic E-state index is -0.412. The van der Waals surface area contributed by atoms with Crippen LogP contribution in [-0.4, -0.2) is 31.3 Å². The summed E-state index contributed by atoms with van der Waals surface area (Å²) < 4.78 is 11.4. The van der Waals surface area contributed by atoms with Gasteiger partial charge in [0.2, 0.25) is 5.91 Å². The van der Waals surface area contributed by atoms with Gasteiger partial charge in [-0.3, -0.25) is 4.79 Å². The highest BCUT2D eigenvalue weighted by Gasteiger charge is 2.28. The van der Waals surface area contributed by atoms with E-state index < -0.39 is 6.04 Å². The molecule has 2 N–H and O–H groups in total. The van der Waals surface area contributed by atoms with Crippen molar-refractivity contribution in [2.45, 2.75) is 43.9 Å². The normalized spacial score (nSPS) is 20.1. The van der Waals surface area contributed by atoms with E-state index in [9.17, 15) is 4.79 Å². The van der Waals surface area contributed by atoms with Crippen LogP contribution in [0.3, 0.4) is 0 Å². The van der Waals surface area contributed by atoms with Gasteiger partial charge in [0.05, 0.1) is 6.10 Å². The second-order valence-electron chi connectivity index (χ2n) is 7.24. The predicted octanol–water partition coefficient (Wildman–Crippen LogP) is 3.68. The van der Waals surface area contributed by atoms with E-state index >= 15 is 0 Å². The summed E-state index contributed by atoms with van der Waals surface area (Å²) >= 11 is 0. The standard InChI is InChI=1S/C22H26N2O3/c25-22(24-18-8-9-18)21(16-5-2-1-3-6-16)23-17-10-12-19(13-11-17)27-15-20-7-4-14-26-20/h1-3,5-6,10-13,18,20-21,23H,4,7-9,14-15H2,(H,24,25). The van der Waals surface area contributed by atoms with Crippen LogP contribution in [0.15, 0.2) is 54.6 Å². The number of rotatable bonds is 8. The Morgan fingerprint density at radius 2 is 1.85 bits per heavy atom. The predicted molar refractivity (Wildman–Crippen MR) is 105 cm³/mol. The van der Waals surface area contributed by atoms with Crippen molar-refractivity contribution in [2.75, 3.05) is 18.5 Å². The van der Waals surface area contributed by atoms with E-state index in [1.54, 1.807) is 0 Å². The van der Waals surface area contributed by atoms with Crippen molar-refractivity contribution in [3.8, 4) is 5.75 Å². The Bertz CT molecular complexity index is 738. The summed E-state index contributed by atoms with van der Waals surface area (Å²) in [7, 11) is 0. The molecule has 27 heavy (non-hydrogen) atoms. The monoisotopic (exact) mass is 366 g/mol. The molecular weight excluding hydrogens is 340 g/mol. The van der Waals surface area contributed by atoms with E-state index in [2.05, 4.69) is 10.6 Å². The molecule has 1 aliphatic heterocycles. The van der Waals surface area contributed by atoms with Crippen LogP contribution in [-0.2, 0) is 9.53 Å². The quantitative estimate of drug-likeness (QED) is 0.748. The van der Waals surface area contributed by atoms with Crippen LogP contribution in [0.5, 0.6) is 5.75 Å². The molecule has 2 atom stereocenters. The molecule has 2 unspecified atom stereocenters. The third-order valence-electron chi connectivity index (χ3n) is 4.94. The Balaban J connectivity index is 1.40. The summed E-state index contributed by atoms with van der Waals surface area (Å²) in [5, 5.41) is 6.46. The summed E-state index contributed by atoms with van der Waals surface area (Å²) in [6.45, 7) is 1.42. The summed E-state index contributed by atoms with van der Waals surface area (Å²) in [6.07, 6.45) is 4.53. The average Bonchev–Trinajstić information content (AvgIpc) is 3.36. The second-order valence-corrected chi connectivity index (χ2v) is 7.24. The average molecular weight is 366 g/mol. The van der Waals surface area contributed by atoms with E-state index in [1.165, 1.54) is 0 Å². The van der Waals surface area contributed by atoms with Crippen LogP contribution in [0.25, 0.3) is 0 Å². The van der Waals surface area contributed by atoms with Gasteiger partial charge in [0, 0.05) is 18.3 Å². The smallest absolute Gasteiger partial charge is 0.247 e. The van der Waals surface area contributed by atoms with Crippen LogP contribution >= 0.6 is 0 Å². The molecule has 0 radical (unpaired) electrons. The molecule has 1 saturated carbocycles. The van der Waals surface area contributed by atoms with Crippen molar-refractivity contribution in [2.24, 2.45) is 0 Å². The second kappa shape index (κ2) is 8.44. The molecule has 5 nitrogen and oxygen atoms in total. The van der Waals surface area contributed by atoms with Gasteiger partial charge in [-0.25, -0.2) is 0 Å². The van der Waals surface area contributed by atoms with E-state index in [4.69, 9.17) is 9.47 Å². The largest absolute Gasteiger partial charge is 0.491 e. The van der Waals surface area contributed by atoms with Crippen LogP contribution < -0.4 is 15.4 Å². The number of carbonyl (C=O) groups excluding carboxylic acids is 1. The topological polar surface area (TPSA) is 59.6 Å². The Kier molecular flexibility index (Phi) is 5.58. The van der Waals surface area contributed by atoms with Gasteiger partial charge in [0.25, 0.3) is 0 Å². The first-order valence-electron chi connectivity index (χ1n) is 9.74. The zero-order valence-electron chi connectivity index (χ0n) is 15.4. The highest BCUT2D eigenvalue weighted by Crippen LogP contribution is 2.25. The van der Waals surface area contributed by atoms with Gasteiger partial charge in [-0.1, -0.05) is 30.3 Å². The van der Waals surface area contributed by atoms with Crippen molar-refractivity contribution in [1.29, 1.82) is 0 Å². The lowest BCUT2D eigenvalue weighted by Crippen LogP contribution is -2.34. The molecule has 1 heterocycles. The van der Waals surface area contributed by atoms with Crippen LogP contribution in [0.1, 0.15) is 37.3 Å². The molecule has 0 aromatic heterocycles. The number of hydrogen-bond acceptors (Lipinski definition) is 4. The molecule has 1 saturated heterocycles. The Hall–Kier alpha value is -2.53. The van der Waals surface area contributed by atoms with Crippen LogP contribution in [0, 0.1) is 0 Å². The fourth-order valence-corrected chi connectivity index (χ4v) is 3.24. The maximum atomic E-state index is 12.7. The van der Waals surface area contributed by atoms with Crippen LogP contribution in [0.2, 0.25) is 0 Å². The van der Waals surface area contributed by atoms with Crippen LogP contribution in [0.4, 0.5) is 5.69 Å². The zero-order chi connectivity index (χ0) is 18.5. The van der Waals surface area contributed by atoms with Crippen molar-refractivity contribution in [3.63, 3.8) is 0 Å². The number of anilines is 1. The van der Waals surface area contributed by atoms with Gasteiger partial charge in [0.1, 0.15) is 18.4 Å². The lowest BCUT2D eigenvalue weighted by molar-refractivity contribution is -0.122. The first-order chi connectivity index (χ1) is 13.3. The van der Waals surface area contributed by atoms with Gasteiger partial charge < -0.3 is 20.1 Å². The number of amides is 1. The highest BCUT2D eigenvalue weighted by atomic mass is 16.5. The molecule has 5 heteroatoms. The van der Waals surface area contributed by atoms with Gasteiger partial charge >= 0.3 is 0 Å². The fraction of sp³-hybridized carbons (Fsp3) is 0.409. The number of nitrogens with one attached hydrogen (secondary N) is 2. The molecule has 0 bridgehead atoms. The molecule has 2 aromatic carbocycles. The molecular formula is C22H26N2O3. The summed E-state index contributed by atoms with van der Waals surface area (Å²) in [5.41, 5.74) is 1.84. The third-order valence-corrected chi connectivity index (χ3v) is 4.94. The SMILES string of the molecule is O=C(NC1CC1)C(Nc1ccc(OCC2CCCO2)cc1)c1ccccc1. The molecule has 142 valence electrons. The highest BCUT2D eigenvalue weighted by molar-refractivity contribution is 5.86. The number of ether oxygens (including phenoxy) is 2. The van der Waals surface area contributed by atoms with Crippen molar-refractivity contribution < 1.29 is 14.3 Å². The minimum absolute atomic E-state index is 0.0161. The Labute approximate surface area is 160 Å². The maximum absolute atomic E-state index is 12.7. The number of hydrogen-bond donors (Lipinski definition) is 2. The zero-order valence-corrected chi connectivity index (χ0v) is 15.4. The molecule has 2 aromatic rings. The first kappa shape index (κ1) is 17.9. The molecule has 1 aliphatic carbocycles. The van der Waals surface area contributed by atoms with Crippen molar-refractivity contribution >= 4 is 11.6 Å². The van der Waals surface area contributed by atoms with Crippen molar-refractivity contribution in [1.82, 2.24) is 5.32 Å². The number of carbonyl (C=O) groups is 1. The van der Waals surface area contributed by atoms with Gasteiger partial charge in [0.15, 0.2) is 0 Å². The molecule has 1 amide bonds. The van der Waals surface area contributed by atoms with E-state index in [0.717, 1.165) is 49.3 Å².